The molecular formula is C18H17F3N2O4. The lowest BCUT2D eigenvalue weighted by molar-refractivity contribution is -0.137. The summed E-state index contributed by atoms with van der Waals surface area (Å²) in [6, 6.07) is 6.80. The van der Waals surface area contributed by atoms with Gasteiger partial charge in [0.15, 0.2) is 6.29 Å². The number of nitrogens with zero attached hydrogens (tertiary/aromatic N) is 1. The van der Waals surface area contributed by atoms with Gasteiger partial charge in [-0.25, -0.2) is 4.79 Å². The molecule has 0 unspecified atom stereocenters. The molecule has 3 rings (SSSR count). The van der Waals surface area contributed by atoms with Gasteiger partial charge in [-0.3, -0.25) is 4.98 Å². The maximum atomic E-state index is 13.5. The molecule has 1 saturated heterocycles. The number of carbonyl (C=O) groups is 1. The Hall–Kier alpha value is -2.65. The first kappa shape index (κ1) is 19.1. The van der Waals surface area contributed by atoms with E-state index in [0.29, 0.717) is 24.3 Å². The zero-order chi connectivity index (χ0) is 19.4. The zero-order valence-corrected chi connectivity index (χ0v) is 14.1. The van der Waals surface area contributed by atoms with Gasteiger partial charge in [-0.15, -0.1) is 0 Å². The number of benzene rings is 1. The number of hydrogen-bond acceptors (Lipinski definition) is 4. The number of rotatable bonds is 5. The maximum absolute atomic E-state index is 13.5. The Morgan fingerprint density at radius 3 is 2.67 bits per heavy atom. The van der Waals surface area contributed by atoms with E-state index in [0.717, 1.165) is 6.07 Å². The number of aromatic nitrogens is 1. The minimum Gasteiger partial charge on any atom is -0.465 e. The molecule has 1 aromatic heterocycles. The Morgan fingerprint density at radius 1 is 1.26 bits per heavy atom. The third-order valence-electron chi connectivity index (χ3n) is 4.06. The highest BCUT2D eigenvalue weighted by Gasteiger charge is 2.34. The van der Waals surface area contributed by atoms with Crippen molar-refractivity contribution in [2.24, 2.45) is 0 Å². The van der Waals surface area contributed by atoms with E-state index in [1.165, 1.54) is 18.3 Å². The molecule has 2 N–H and O–H groups in total. The van der Waals surface area contributed by atoms with Crippen molar-refractivity contribution in [2.75, 3.05) is 13.2 Å². The van der Waals surface area contributed by atoms with Crippen LogP contribution in [0.5, 0.6) is 0 Å². The molecule has 2 heterocycles. The van der Waals surface area contributed by atoms with Crippen LogP contribution in [0.4, 0.5) is 18.0 Å². The standard InChI is InChI=1S/C18H17F3N2O4/c19-18(20,21)14-4-3-11(10-23-17(24)25)8-13(14)16-12(2-1-5-22-16)9-15-26-6-7-27-15/h1-5,8,15,23H,6-7,9-10H2,(H,24,25). The van der Waals surface area contributed by atoms with Crippen molar-refractivity contribution < 1.29 is 32.5 Å². The highest BCUT2D eigenvalue weighted by molar-refractivity contribution is 5.69. The molecule has 0 radical (unpaired) electrons. The normalized spacial score (nSPS) is 15.1. The fourth-order valence-corrected chi connectivity index (χ4v) is 2.87. The molecule has 1 fully saturated rings. The highest BCUT2D eigenvalue weighted by Crippen LogP contribution is 2.38. The first-order valence-corrected chi connectivity index (χ1v) is 8.19. The van der Waals surface area contributed by atoms with Gasteiger partial charge in [0.05, 0.1) is 24.5 Å². The van der Waals surface area contributed by atoms with Gasteiger partial charge in [0.2, 0.25) is 0 Å². The molecule has 1 amide bonds. The Kier molecular flexibility index (Phi) is 5.62. The van der Waals surface area contributed by atoms with Gasteiger partial charge < -0.3 is 19.9 Å². The minimum absolute atomic E-state index is 0.110. The van der Waals surface area contributed by atoms with Gasteiger partial charge >= 0.3 is 12.3 Å². The molecule has 1 aliphatic heterocycles. The van der Waals surface area contributed by atoms with E-state index in [2.05, 4.69) is 10.3 Å². The number of amides is 1. The predicted molar refractivity (Wildman–Crippen MR) is 88.9 cm³/mol. The molecule has 0 atom stereocenters. The number of pyridine rings is 1. The number of carboxylic acid groups (broad SMARTS) is 1. The summed E-state index contributed by atoms with van der Waals surface area (Å²) in [4.78, 5) is 14.8. The molecule has 1 aliphatic rings. The van der Waals surface area contributed by atoms with E-state index in [1.54, 1.807) is 12.1 Å². The molecule has 144 valence electrons. The quantitative estimate of drug-likeness (QED) is 0.828. The highest BCUT2D eigenvalue weighted by atomic mass is 19.4. The van der Waals surface area contributed by atoms with Crippen molar-refractivity contribution in [1.29, 1.82) is 0 Å². The summed E-state index contributed by atoms with van der Waals surface area (Å²) in [6.07, 6.45) is -4.69. The van der Waals surface area contributed by atoms with Crippen LogP contribution in [0, 0.1) is 0 Å². The second-order valence-corrected chi connectivity index (χ2v) is 5.92. The van der Waals surface area contributed by atoms with Crippen molar-refractivity contribution in [2.45, 2.75) is 25.4 Å². The second-order valence-electron chi connectivity index (χ2n) is 5.92. The number of nitrogens with one attached hydrogen (secondary N) is 1. The second kappa shape index (κ2) is 7.93. The third-order valence-corrected chi connectivity index (χ3v) is 4.06. The van der Waals surface area contributed by atoms with Gasteiger partial charge in [-0.1, -0.05) is 12.1 Å². The minimum atomic E-state index is -4.58. The van der Waals surface area contributed by atoms with Crippen LogP contribution in [0.3, 0.4) is 0 Å². The fraction of sp³-hybridized carbons (Fsp3) is 0.333. The van der Waals surface area contributed by atoms with Crippen molar-refractivity contribution in [3.8, 4) is 11.3 Å². The lowest BCUT2D eigenvalue weighted by Crippen LogP contribution is -2.20. The van der Waals surface area contributed by atoms with Crippen LogP contribution in [0.2, 0.25) is 0 Å². The van der Waals surface area contributed by atoms with Gasteiger partial charge in [0.1, 0.15) is 0 Å². The summed E-state index contributed by atoms with van der Waals surface area (Å²) in [5.74, 6) is 0. The summed E-state index contributed by atoms with van der Waals surface area (Å²) >= 11 is 0. The topological polar surface area (TPSA) is 80.7 Å². The molecule has 1 aromatic carbocycles. The van der Waals surface area contributed by atoms with Crippen LogP contribution in [-0.4, -0.2) is 35.7 Å². The van der Waals surface area contributed by atoms with Gasteiger partial charge in [-0.05, 0) is 29.3 Å². The van der Waals surface area contributed by atoms with Crippen molar-refractivity contribution >= 4 is 6.09 Å². The summed E-state index contributed by atoms with van der Waals surface area (Å²) in [7, 11) is 0. The molecule has 2 aromatic rings. The van der Waals surface area contributed by atoms with E-state index in [9.17, 15) is 18.0 Å². The average molecular weight is 382 g/mol. The van der Waals surface area contributed by atoms with Gasteiger partial charge in [0, 0.05) is 24.7 Å². The van der Waals surface area contributed by atoms with Crippen LogP contribution in [0.1, 0.15) is 16.7 Å². The van der Waals surface area contributed by atoms with E-state index in [1.807, 2.05) is 0 Å². The van der Waals surface area contributed by atoms with Crippen LogP contribution in [-0.2, 0) is 28.6 Å². The zero-order valence-electron chi connectivity index (χ0n) is 14.1. The first-order chi connectivity index (χ1) is 12.8. The van der Waals surface area contributed by atoms with Gasteiger partial charge in [0.25, 0.3) is 0 Å². The monoisotopic (exact) mass is 382 g/mol. The van der Waals surface area contributed by atoms with E-state index in [-0.39, 0.29) is 24.2 Å². The maximum Gasteiger partial charge on any atom is 0.417 e. The Bertz CT molecular complexity index is 820. The molecular weight excluding hydrogens is 365 g/mol. The van der Waals surface area contributed by atoms with Crippen molar-refractivity contribution in [3.63, 3.8) is 0 Å². The Balaban J connectivity index is 2.02. The Labute approximate surface area is 152 Å². The van der Waals surface area contributed by atoms with Crippen molar-refractivity contribution in [3.05, 3.63) is 53.2 Å². The lowest BCUT2D eigenvalue weighted by Gasteiger charge is -2.17. The smallest absolute Gasteiger partial charge is 0.417 e. The molecule has 9 heteroatoms. The van der Waals surface area contributed by atoms with Crippen LogP contribution in [0.15, 0.2) is 36.5 Å². The lowest BCUT2D eigenvalue weighted by atomic mass is 9.96. The summed E-state index contributed by atoms with van der Waals surface area (Å²) < 4.78 is 51.4. The molecule has 6 nitrogen and oxygen atoms in total. The molecule has 0 saturated carbocycles. The number of alkyl halides is 3. The summed E-state index contributed by atoms with van der Waals surface area (Å²) in [5, 5.41) is 10.9. The number of hydrogen-bond donors (Lipinski definition) is 2. The number of ether oxygens (including phenoxy) is 2. The number of halogens is 3. The summed E-state index contributed by atoms with van der Waals surface area (Å²) in [6.45, 7) is 0.756. The van der Waals surface area contributed by atoms with Crippen molar-refractivity contribution in [1.82, 2.24) is 10.3 Å². The SMILES string of the molecule is O=C(O)NCc1ccc(C(F)(F)F)c(-c2ncccc2CC2OCCO2)c1. The van der Waals surface area contributed by atoms with Crippen LogP contribution >= 0.6 is 0 Å². The molecule has 0 aliphatic carbocycles. The fourth-order valence-electron chi connectivity index (χ4n) is 2.87. The summed E-state index contributed by atoms with van der Waals surface area (Å²) in [5.41, 5.74) is 0.167. The van der Waals surface area contributed by atoms with E-state index in [4.69, 9.17) is 14.6 Å². The largest absolute Gasteiger partial charge is 0.465 e. The van der Waals surface area contributed by atoms with Gasteiger partial charge in [-0.2, -0.15) is 13.2 Å². The van der Waals surface area contributed by atoms with Crippen LogP contribution in [0.25, 0.3) is 11.3 Å². The Morgan fingerprint density at radius 2 is 2.00 bits per heavy atom. The predicted octanol–water partition coefficient (Wildman–Crippen LogP) is 3.45. The van der Waals surface area contributed by atoms with E-state index < -0.39 is 24.1 Å². The molecule has 0 spiro atoms. The molecule has 27 heavy (non-hydrogen) atoms. The van der Waals surface area contributed by atoms with Crippen LogP contribution < -0.4 is 5.32 Å². The molecule has 0 bridgehead atoms. The van der Waals surface area contributed by atoms with E-state index >= 15 is 0 Å². The first-order valence-electron chi connectivity index (χ1n) is 8.19. The average Bonchev–Trinajstić information content (AvgIpc) is 3.12. The third kappa shape index (κ3) is 4.75.